The quantitative estimate of drug-likeness (QED) is 0.468. The zero-order valence-electron chi connectivity index (χ0n) is 17.8. The highest BCUT2D eigenvalue weighted by molar-refractivity contribution is 5.98. The lowest BCUT2D eigenvalue weighted by Gasteiger charge is -2.27. The number of benzene rings is 1. The molecule has 3 N–H and O–H groups in total. The van der Waals surface area contributed by atoms with Gasteiger partial charge in [0, 0.05) is 31.9 Å². The molecule has 10 heteroatoms. The van der Waals surface area contributed by atoms with Crippen molar-refractivity contribution in [2.75, 3.05) is 25.5 Å². The molecule has 0 aromatic heterocycles. The van der Waals surface area contributed by atoms with Gasteiger partial charge in [-0.3, -0.25) is 19.2 Å². The van der Waals surface area contributed by atoms with Crippen molar-refractivity contribution in [3.8, 4) is 0 Å². The number of nitrogens with zero attached hydrogens (tertiary/aromatic N) is 2. The highest BCUT2D eigenvalue weighted by Crippen LogP contribution is 2.19. The fourth-order valence-electron chi connectivity index (χ4n) is 3.40. The molecule has 0 saturated carbocycles. The highest BCUT2D eigenvalue weighted by Gasteiger charge is 2.37. The van der Waals surface area contributed by atoms with E-state index in [0.29, 0.717) is 31.2 Å². The molecule has 1 heterocycles. The van der Waals surface area contributed by atoms with Crippen molar-refractivity contribution in [2.24, 2.45) is 0 Å². The Bertz CT molecular complexity index is 839. The normalized spacial score (nSPS) is 17.4. The Labute approximate surface area is 180 Å². The predicted octanol–water partition coefficient (Wildman–Crippen LogP) is 0.0203. The lowest BCUT2D eigenvalue weighted by atomic mass is 10.1. The number of carboxylic acid groups (broad SMARTS) is 1. The van der Waals surface area contributed by atoms with Gasteiger partial charge in [-0.25, -0.2) is 0 Å². The Kier molecular flexibility index (Phi) is 8.12. The first kappa shape index (κ1) is 23.8. The Morgan fingerprint density at radius 3 is 2.39 bits per heavy atom. The fraction of sp³-hybridized carbons (Fsp3) is 0.476. The molecule has 3 atom stereocenters. The van der Waals surface area contributed by atoms with Crippen molar-refractivity contribution in [1.29, 1.82) is 0 Å². The number of aliphatic carboxylic acids is 1. The van der Waals surface area contributed by atoms with Crippen molar-refractivity contribution in [3.05, 3.63) is 29.8 Å². The summed E-state index contributed by atoms with van der Waals surface area (Å²) in [5.74, 6) is -2.63. The first-order valence-electron chi connectivity index (χ1n) is 10.00. The summed E-state index contributed by atoms with van der Waals surface area (Å²) in [5.41, 5.74) is 1.34. The van der Waals surface area contributed by atoms with Crippen molar-refractivity contribution in [3.63, 3.8) is 0 Å². The van der Waals surface area contributed by atoms with Crippen LogP contribution in [0, 0.1) is 0 Å². The van der Waals surface area contributed by atoms with E-state index in [-0.39, 0.29) is 0 Å². The number of aldehydes is 1. The van der Waals surface area contributed by atoms with Crippen LogP contribution in [0.4, 0.5) is 5.69 Å². The van der Waals surface area contributed by atoms with Gasteiger partial charge in [0.05, 0.1) is 12.5 Å². The number of likely N-dealkylation sites (tertiary alicyclic amines) is 1. The molecule has 1 fully saturated rings. The van der Waals surface area contributed by atoms with E-state index in [1.54, 1.807) is 31.2 Å². The second kappa shape index (κ2) is 10.6. The van der Waals surface area contributed by atoms with Gasteiger partial charge in [0.1, 0.15) is 18.4 Å². The lowest BCUT2D eigenvalue weighted by molar-refractivity contribution is -0.141. The molecule has 168 valence electrons. The van der Waals surface area contributed by atoms with Gasteiger partial charge < -0.3 is 30.3 Å². The molecule has 0 spiro atoms. The van der Waals surface area contributed by atoms with Crippen LogP contribution in [0.3, 0.4) is 0 Å². The molecule has 1 aliphatic rings. The van der Waals surface area contributed by atoms with Gasteiger partial charge in [-0.1, -0.05) is 0 Å². The van der Waals surface area contributed by atoms with Gasteiger partial charge >= 0.3 is 5.97 Å². The van der Waals surface area contributed by atoms with Crippen LogP contribution in [0.5, 0.6) is 0 Å². The Morgan fingerprint density at radius 1 is 1.19 bits per heavy atom. The number of carbonyl (C=O) groups is 5. The number of rotatable bonds is 9. The number of nitrogens with one attached hydrogen (secondary N) is 2. The molecule has 2 rings (SSSR count). The Hall–Kier alpha value is -3.43. The molecular formula is C21H28N4O6. The van der Waals surface area contributed by atoms with Crippen molar-refractivity contribution >= 4 is 35.7 Å². The van der Waals surface area contributed by atoms with Crippen LogP contribution < -0.4 is 15.5 Å². The summed E-state index contributed by atoms with van der Waals surface area (Å²) in [6.45, 7) is 1.87. The molecule has 0 bridgehead atoms. The van der Waals surface area contributed by atoms with E-state index in [9.17, 15) is 24.0 Å². The number of carboxylic acids is 1. The molecule has 31 heavy (non-hydrogen) atoms. The summed E-state index contributed by atoms with van der Waals surface area (Å²) in [5, 5.41) is 13.8. The molecule has 1 aliphatic heterocycles. The van der Waals surface area contributed by atoms with E-state index in [1.165, 1.54) is 4.90 Å². The topological polar surface area (TPSA) is 136 Å². The fourth-order valence-corrected chi connectivity index (χ4v) is 3.40. The molecule has 1 aromatic rings. The zero-order chi connectivity index (χ0) is 23.1. The number of amides is 3. The smallest absolute Gasteiger partial charge is 0.305 e. The van der Waals surface area contributed by atoms with Gasteiger partial charge in [-0.05, 0) is 44.0 Å². The maximum atomic E-state index is 12.9. The second-order valence-electron chi connectivity index (χ2n) is 7.68. The average molecular weight is 432 g/mol. The van der Waals surface area contributed by atoms with Gasteiger partial charge in [-0.2, -0.15) is 0 Å². The maximum absolute atomic E-state index is 12.9. The third-order valence-electron chi connectivity index (χ3n) is 5.09. The molecule has 1 aromatic carbocycles. The van der Waals surface area contributed by atoms with E-state index in [2.05, 4.69) is 10.6 Å². The minimum Gasteiger partial charge on any atom is -0.481 e. The molecule has 3 amide bonds. The van der Waals surface area contributed by atoms with Crippen LogP contribution in [-0.4, -0.2) is 78.7 Å². The van der Waals surface area contributed by atoms with Crippen molar-refractivity contribution < 1.29 is 29.1 Å². The van der Waals surface area contributed by atoms with Crippen LogP contribution >= 0.6 is 0 Å². The van der Waals surface area contributed by atoms with Crippen LogP contribution in [0.2, 0.25) is 0 Å². The molecular weight excluding hydrogens is 404 g/mol. The van der Waals surface area contributed by atoms with Crippen LogP contribution in [0.1, 0.15) is 36.5 Å². The lowest BCUT2D eigenvalue weighted by Crippen LogP contribution is -2.54. The number of anilines is 1. The first-order valence-corrected chi connectivity index (χ1v) is 10.00. The Morgan fingerprint density at radius 2 is 1.84 bits per heavy atom. The molecule has 1 saturated heterocycles. The minimum absolute atomic E-state index is 0.333. The first-order chi connectivity index (χ1) is 14.6. The standard InChI is InChI=1S/C21H28N4O6/c1-13(22-19(29)14-6-8-16(9-7-14)24(2)3)21(31)25-10-4-5-17(25)20(30)23-15(12-26)11-18(27)28/h6-9,12-13,15,17H,4-5,10-11H2,1-3H3,(H,22,29)(H,23,30)(H,27,28). The minimum atomic E-state index is -1.22. The van der Waals surface area contributed by atoms with E-state index >= 15 is 0 Å². The van der Waals surface area contributed by atoms with Gasteiger partial charge in [0.15, 0.2) is 0 Å². The van der Waals surface area contributed by atoms with E-state index in [4.69, 9.17) is 5.11 Å². The number of hydrogen-bond donors (Lipinski definition) is 3. The summed E-state index contributed by atoms with van der Waals surface area (Å²) in [4.78, 5) is 62.9. The van der Waals surface area contributed by atoms with Gasteiger partial charge in [0.2, 0.25) is 11.8 Å². The summed E-state index contributed by atoms with van der Waals surface area (Å²) in [6, 6.07) is 4.07. The van der Waals surface area contributed by atoms with Gasteiger partial charge in [-0.15, -0.1) is 0 Å². The molecule has 3 unspecified atom stereocenters. The molecule has 0 aliphatic carbocycles. The monoisotopic (exact) mass is 432 g/mol. The molecule has 10 nitrogen and oxygen atoms in total. The molecule has 0 radical (unpaired) electrons. The summed E-state index contributed by atoms with van der Waals surface area (Å²) >= 11 is 0. The highest BCUT2D eigenvalue weighted by atomic mass is 16.4. The van der Waals surface area contributed by atoms with Gasteiger partial charge in [0.25, 0.3) is 5.91 Å². The van der Waals surface area contributed by atoms with E-state index < -0.39 is 48.2 Å². The SMILES string of the molecule is CC(NC(=O)c1ccc(N(C)C)cc1)C(=O)N1CCCC1C(=O)NC(C=O)CC(=O)O. The van der Waals surface area contributed by atoms with Crippen LogP contribution in [0.25, 0.3) is 0 Å². The van der Waals surface area contributed by atoms with Crippen molar-refractivity contribution in [1.82, 2.24) is 15.5 Å². The third kappa shape index (κ3) is 6.27. The number of hydrogen-bond acceptors (Lipinski definition) is 6. The van der Waals surface area contributed by atoms with E-state index in [0.717, 1.165) is 5.69 Å². The third-order valence-corrected chi connectivity index (χ3v) is 5.09. The van der Waals surface area contributed by atoms with Crippen LogP contribution in [-0.2, 0) is 19.2 Å². The Balaban J connectivity index is 1.99. The average Bonchev–Trinajstić information content (AvgIpc) is 3.22. The summed E-state index contributed by atoms with van der Waals surface area (Å²) in [6.07, 6.45) is 0.802. The predicted molar refractivity (Wildman–Crippen MR) is 113 cm³/mol. The number of carbonyl (C=O) groups excluding carboxylic acids is 4. The maximum Gasteiger partial charge on any atom is 0.305 e. The summed E-state index contributed by atoms with van der Waals surface area (Å²) in [7, 11) is 3.77. The van der Waals surface area contributed by atoms with E-state index in [1.807, 2.05) is 19.0 Å². The zero-order valence-corrected chi connectivity index (χ0v) is 17.8. The van der Waals surface area contributed by atoms with Crippen LogP contribution in [0.15, 0.2) is 24.3 Å². The second-order valence-corrected chi connectivity index (χ2v) is 7.68. The largest absolute Gasteiger partial charge is 0.481 e. The van der Waals surface area contributed by atoms with Crippen molar-refractivity contribution in [2.45, 2.75) is 44.3 Å². The summed E-state index contributed by atoms with van der Waals surface area (Å²) < 4.78 is 0.